The van der Waals surface area contributed by atoms with E-state index >= 15 is 0 Å². The molecule has 1 heterocycles. The molecule has 0 amide bonds. The highest BCUT2D eigenvalue weighted by Crippen LogP contribution is 2.23. The van der Waals surface area contributed by atoms with Crippen molar-refractivity contribution in [2.75, 3.05) is 5.73 Å². The highest BCUT2D eigenvalue weighted by atomic mass is 35.5. The van der Waals surface area contributed by atoms with Crippen LogP contribution in [0, 0.1) is 5.82 Å². The Morgan fingerprint density at radius 1 is 1.26 bits per heavy atom. The molecule has 0 fully saturated rings. The normalized spacial score (nSPS) is 11.1. The number of benzene rings is 2. The molecule has 19 heavy (non-hydrogen) atoms. The summed E-state index contributed by atoms with van der Waals surface area (Å²) in [6.45, 7) is 0.406. The minimum absolute atomic E-state index is 0.134. The minimum Gasteiger partial charge on any atom is -0.399 e. The molecule has 0 saturated carbocycles. The van der Waals surface area contributed by atoms with E-state index in [4.69, 9.17) is 17.3 Å². The number of aromatic nitrogens is 2. The summed E-state index contributed by atoms with van der Waals surface area (Å²) in [6, 6.07) is 10.3. The molecular weight excluding hydrogens is 265 g/mol. The van der Waals surface area contributed by atoms with Crippen molar-refractivity contribution in [3.63, 3.8) is 0 Å². The van der Waals surface area contributed by atoms with E-state index in [0.29, 0.717) is 17.8 Å². The molecule has 2 N–H and O–H groups in total. The highest BCUT2D eigenvalue weighted by molar-refractivity contribution is 6.31. The van der Waals surface area contributed by atoms with Crippen molar-refractivity contribution >= 4 is 28.2 Å². The van der Waals surface area contributed by atoms with Crippen molar-refractivity contribution in [1.82, 2.24) is 9.78 Å². The molecule has 3 aromatic rings. The van der Waals surface area contributed by atoms with E-state index in [1.54, 1.807) is 23.0 Å². The van der Waals surface area contributed by atoms with Gasteiger partial charge in [0.2, 0.25) is 0 Å². The number of nitrogens with zero attached hydrogens (tertiary/aromatic N) is 2. The predicted molar refractivity (Wildman–Crippen MR) is 74.7 cm³/mol. The van der Waals surface area contributed by atoms with Crippen LogP contribution in [0.15, 0.2) is 42.6 Å². The SMILES string of the molecule is Nc1ccc2cnn(Cc3cccc(F)c3Cl)c2c1. The fraction of sp³-hybridized carbons (Fsp3) is 0.0714. The highest BCUT2D eigenvalue weighted by Gasteiger charge is 2.09. The average molecular weight is 276 g/mol. The van der Waals surface area contributed by atoms with Crippen molar-refractivity contribution in [1.29, 1.82) is 0 Å². The van der Waals surface area contributed by atoms with Crippen LogP contribution in [0.2, 0.25) is 5.02 Å². The molecule has 0 aliphatic heterocycles. The molecule has 0 saturated heterocycles. The van der Waals surface area contributed by atoms with Crippen molar-refractivity contribution in [3.05, 3.63) is 59.0 Å². The molecule has 2 aromatic carbocycles. The Kier molecular flexibility index (Phi) is 2.87. The summed E-state index contributed by atoms with van der Waals surface area (Å²) in [4.78, 5) is 0. The van der Waals surface area contributed by atoms with Gasteiger partial charge in [0, 0.05) is 11.1 Å². The molecule has 0 aliphatic rings. The third-order valence-corrected chi connectivity index (χ3v) is 3.44. The zero-order valence-electron chi connectivity index (χ0n) is 9.98. The minimum atomic E-state index is -0.421. The molecule has 5 heteroatoms. The first-order valence-electron chi connectivity index (χ1n) is 5.79. The molecule has 0 bridgehead atoms. The molecule has 1 aromatic heterocycles. The van der Waals surface area contributed by atoms with Gasteiger partial charge in [-0.15, -0.1) is 0 Å². The second-order valence-electron chi connectivity index (χ2n) is 4.33. The van der Waals surface area contributed by atoms with E-state index in [1.807, 2.05) is 18.2 Å². The van der Waals surface area contributed by atoms with E-state index < -0.39 is 5.82 Å². The first kappa shape index (κ1) is 12.0. The van der Waals surface area contributed by atoms with Crippen LogP contribution in [0.3, 0.4) is 0 Å². The van der Waals surface area contributed by atoms with E-state index in [9.17, 15) is 4.39 Å². The van der Waals surface area contributed by atoms with Crippen molar-refractivity contribution in [3.8, 4) is 0 Å². The molecule has 96 valence electrons. The van der Waals surface area contributed by atoms with Gasteiger partial charge in [-0.05, 0) is 29.8 Å². The Morgan fingerprint density at radius 3 is 2.95 bits per heavy atom. The standard InChI is InChI=1S/C14H11ClFN3/c15-14-10(2-1-3-12(14)16)8-19-13-6-11(17)5-4-9(13)7-18-19/h1-7H,8,17H2. The van der Waals surface area contributed by atoms with Gasteiger partial charge in [0.1, 0.15) is 5.82 Å². The quantitative estimate of drug-likeness (QED) is 0.728. The largest absolute Gasteiger partial charge is 0.399 e. The number of halogens is 2. The second kappa shape index (κ2) is 4.55. The number of fused-ring (bicyclic) bond motifs is 1. The molecule has 0 atom stereocenters. The van der Waals surface area contributed by atoms with Crippen LogP contribution < -0.4 is 5.73 Å². The number of nitrogen functional groups attached to an aromatic ring is 1. The fourth-order valence-electron chi connectivity index (χ4n) is 2.05. The second-order valence-corrected chi connectivity index (χ2v) is 4.71. The maximum absolute atomic E-state index is 13.4. The predicted octanol–water partition coefficient (Wildman–Crippen LogP) is 3.46. The summed E-state index contributed by atoms with van der Waals surface area (Å²) in [5.41, 5.74) is 8.03. The summed E-state index contributed by atoms with van der Waals surface area (Å²) in [7, 11) is 0. The summed E-state index contributed by atoms with van der Waals surface area (Å²) >= 11 is 5.95. The smallest absolute Gasteiger partial charge is 0.142 e. The van der Waals surface area contributed by atoms with Crippen molar-refractivity contribution in [2.24, 2.45) is 0 Å². The molecule has 0 aliphatic carbocycles. The van der Waals surface area contributed by atoms with Crippen LogP contribution in [-0.4, -0.2) is 9.78 Å². The lowest BCUT2D eigenvalue weighted by molar-refractivity contribution is 0.621. The van der Waals surface area contributed by atoms with Gasteiger partial charge in [-0.3, -0.25) is 4.68 Å². The molecule has 0 spiro atoms. The van der Waals surface area contributed by atoms with E-state index in [2.05, 4.69) is 5.10 Å². The van der Waals surface area contributed by atoms with Gasteiger partial charge >= 0.3 is 0 Å². The Bertz CT molecular complexity index is 752. The third-order valence-electron chi connectivity index (χ3n) is 3.02. The summed E-state index contributed by atoms with van der Waals surface area (Å²) in [6.07, 6.45) is 1.75. The number of anilines is 1. The first-order chi connectivity index (χ1) is 9.15. The maximum Gasteiger partial charge on any atom is 0.142 e. The van der Waals surface area contributed by atoms with Gasteiger partial charge < -0.3 is 5.73 Å². The summed E-state index contributed by atoms with van der Waals surface area (Å²) in [5.74, 6) is -0.421. The van der Waals surface area contributed by atoms with Gasteiger partial charge in [0.05, 0.1) is 23.3 Å². The monoisotopic (exact) mass is 275 g/mol. The molecule has 0 unspecified atom stereocenters. The van der Waals surface area contributed by atoms with E-state index in [0.717, 1.165) is 10.9 Å². The molecule has 0 radical (unpaired) electrons. The fourth-order valence-corrected chi connectivity index (χ4v) is 2.23. The van der Waals surface area contributed by atoms with Gasteiger partial charge in [-0.2, -0.15) is 5.10 Å². The van der Waals surface area contributed by atoms with Gasteiger partial charge in [0.25, 0.3) is 0 Å². The van der Waals surface area contributed by atoms with Crippen LogP contribution in [0.1, 0.15) is 5.56 Å². The zero-order chi connectivity index (χ0) is 13.4. The van der Waals surface area contributed by atoms with Crippen molar-refractivity contribution in [2.45, 2.75) is 6.54 Å². The van der Waals surface area contributed by atoms with E-state index in [1.165, 1.54) is 6.07 Å². The zero-order valence-corrected chi connectivity index (χ0v) is 10.7. The van der Waals surface area contributed by atoms with Crippen LogP contribution >= 0.6 is 11.6 Å². The first-order valence-corrected chi connectivity index (χ1v) is 6.17. The maximum atomic E-state index is 13.4. The number of hydrogen-bond donors (Lipinski definition) is 1. The van der Waals surface area contributed by atoms with Crippen LogP contribution in [0.4, 0.5) is 10.1 Å². The van der Waals surface area contributed by atoms with E-state index in [-0.39, 0.29) is 5.02 Å². The number of hydrogen-bond acceptors (Lipinski definition) is 2. The molecular formula is C14H11ClFN3. The van der Waals surface area contributed by atoms with Crippen LogP contribution in [0.25, 0.3) is 10.9 Å². The van der Waals surface area contributed by atoms with Gasteiger partial charge in [-0.25, -0.2) is 4.39 Å². The molecule has 3 rings (SSSR count). The Hall–Kier alpha value is -2.07. The number of rotatable bonds is 2. The van der Waals surface area contributed by atoms with Gasteiger partial charge in [-0.1, -0.05) is 23.7 Å². The molecule has 3 nitrogen and oxygen atoms in total. The summed E-state index contributed by atoms with van der Waals surface area (Å²) < 4.78 is 15.2. The Balaban J connectivity index is 2.06. The number of nitrogens with two attached hydrogens (primary N) is 1. The lowest BCUT2D eigenvalue weighted by Crippen LogP contribution is -2.03. The van der Waals surface area contributed by atoms with Crippen LogP contribution in [-0.2, 0) is 6.54 Å². The Labute approximate surface area is 114 Å². The van der Waals surface area contributed by atoms with Crippen LogP contribution in [0.5, 0.6) is 0 Å². The van der Waals surface area contributed by atoms with Gasteiger partial charge in [0.15, 0.2) is 0 Å². The Morgan fingerprint density at radius 2 is 2.11 bits per heavy atom. The topological polar surface area (TPSA) is 43.8 Å². The summed E-state index contributed by atoms with van der Waals surface area (Å²) in [5, 5.41) is 5.40. The average Bonchev–Trinajstić information content (AvgIpc) is 2.78. The third kappa shape index (κ3) is 2.15. The van der Waals surface area contributed by atoms with Crippen molar-refractivity contribution < 1.29 is 4.39 Å². The lowest BCUT2D eigenvalue weighted by atomic mass is 10.2. The lowest BCUT2D eigenvalue weighted by Gasteiger charge is -2.07.